The number of benzene rings is 2. The van der Waals surface area contributed by atoms with Crippen LogP contribution >= 0.6 is 11.6 Å². The minimum absolute atomic E-state index is 0.0357. The minimum atomic E-state index is -0.0916. The summed E-state index contributed by atoms with van der Waals surface area (Å²) in [5.41, 5.74) is 0.744. The fourth-order valence-electron chi connectivity index (χ4n) is 3.59. The van der Waals surface area contributed by atoms with E-state index in [1.54, 1.807) is 19.2 Å². The molecule has 6 nitrogen and oxygen atoms in total. The van der Waals surface area contributed by atoms with Gasteiger partial charge in [0.2, 0.25) is 0 Å². The molecule has 1 fully saturated rings. The Morgan fingerprint density at radius 1 is 1.10 bits per heavy atom. The van der Waals surface area contributed by atoms with E-state index in [0.29, 0.717) is 11.6 Å². The molecule has 1 atom stereocenters. The third-order valence-corrected chi connectivity index (χ3v) is 5.72. The van der Waals surface area contributed by atoms with Crippen molar-refractivity contribution in [1.29, 1.82) is 0 Å². The zero-order valence-electron chi connectivity index (χ0n) is 17.0. The molecule has 0 saturated carbocycles. The molecule has 0 radical (unpaired) electrons. The van der Waals surface area contributed by atoms with Crippen molar-refractivity contribution in [2.75, 3.05) is 51.8 Å². The third-order valence-electron chi connectivity index (χ3n) is 5.48. The van der Waals surface area contributed by atoms with Gasteiger partial charge in [-0.25, -0.2) is 0 Å². The van der Waals surface area contributed by atoms with Crippen LogP contribution in [0.2, 0.25) is 5.02 Å². The highest BCUT2D eigenvalue weighted by Crippen LogP contribution is 2.16. The van der Waals surface area contributed by atoms with Gasteiger partial charge in [-0.15, -0.1) is 0 Å². The van der Waals surface area contributed by atoms with E-state index < -0.39 is 0 Å². The molecular formula is C22H30ClN3O3+2. The molecule has 7 heteroatoms. The van der Waals surface area contributed by atoms with Crippen molar-refractivity contribution < 1.29 is 24.1 Å². The van der Waals surface area contributed by atoms with Gasteiger partial charge in [-0.3, -0.25) is 4.79 Å². The molecule has 0 unspecified atom stereocenters. The lowest BCUT2D eigenvalue weighted by molar-refractivity contribution is -1.02. The maximum absolute atomic E-state index is 12.6. The van der Waals surface area contributed by atoms with Gasteiger partial charge in [0, 0.05) is 10.7 Å². The molecule has 3 rings (SSSR count). The number of methoxy groups -OCH3 is 1. The van der Waals surface area contributed by atoms with Gasteiger partial charge in [-0.2, -0.15) is 0 Å². The van der Waals surface area contributed by atoms with Gasteiger partial charge >= 0.3 is 0 Å². The number of halogens is 1. The van der Waals surface area contributed by atoms with Crippen LogP contribution in [0.5, 0.6) is 11.5 Å². The van der Waals surface area contributed by atoms with E-state index in [4.69, 9.17) is 21.1 Å². The van der Waals surface area contributed by atoms with Crippen LogP contribution in [0.1, 0.15) is 6.92 Å². The largest absolute Gasteiger partial charge is 0.497 e. The van der Waals surface area contributed by atoms with Crippen LogP contribution in [0, 0.1) is 0 Å². The van der Waals surface area contributed by atoms with Crippen LogP contribution < -0.4 is 24.6 Å². The third kappa shape index (κ3) is 6.35. The molecule has 0 bridgehead atoms. The monoisotopic (exact) mass is 419 g/mol. The number of anilines is 1. The van der Waals surface area contributed by atoms with Crippen molar-refractivity contribution >= 4 is 23.2 Å². The summed E-state index contributed by atoms with van der Waals surface area (Å²) in [4.78, 5) is 15.4. The molecule has 0 aromatic heterocycles. The smallest absolute Gasteiger partial charge is 0.282 e. The summed E-state index contributed by atoms with van der Waals surface area (Å²) in [7, 11) is 1.66. The van der Waals surface area contributed by atoms with E-state index in [1.807, 2.05) is 43.3 Å². The Balaban J connectivity index is 1.38. The second-order valence-electron chi connectivity index (χ2n) is 7.40. The lowest BCUT2D eigenvalue weighted by atomic mass is 10.2. The number of piperazine rings is 1. The minimum Gasteiger partial charge on any atom is -0.497 e. The number of carbonyl (C=O) groups is 1. The molecule has 3 N–H and O–H groups in total. The normalized spacial score (nSPS) is 20.0. The molecule has 2 aromatic carbocycles. The quantitative estimate of drug-likeness (QED) is 0.585. The van der Waals surface area contributed by atoms with Gasteiger partial charge in [-0.1, -0.05) is 17.7 Å². The summed E-state index contributed by atoms with van der Waals surface area (Å²) in [5, 5.41) is 3.59. The molecule has 156 valence electrons. The highest BCUT2D eigenvalue weighted by atomic mass is 35.5. The van der Waals surface area contributed by atoms with E-state index in [9.17, 15) is 4.79 Å². The molecule has 1 saturated heterocycles. The summed E-state index contributed by atoms with van der Waals surface area (Å²) in [6.07, 6.45) is 0. The number of rotatable bonds is 8. The first-order chi connectivity index (χ1) is 14.0. The number of hydrogen-bond acceptors (Lipinski definition) is 3. The first-order valence-corrected chi connectivity index (χ1v) is 10.4. The van der Waals surface area contributed by atoms with Crippen molar-refractivity contribution in [3.8, 4) is 11.5 Å². The fourth-order valence-corrected chi connectivity index (χ4v) is 3.79. The van der Waals surface area contributed by atoms with Gasteiger partial charge in [0.05, 0.1) is 7.11 Å². The second-order valence-corrected chi connectivity index (χ2v) is 7.84. The molecular weight excluding hydrogens is 390 g/mol. The van der Waals surface area contributed by atoms with Crippen LogP contribution in [-0.4, -0.2) is 58.4 Å². The Labute approximate surface area is 177 Å². The molecule has 0 aliphatic carbocycles. The standard InChI is InChI=1S/C22H28ClN3O3/c1-17(22(27)24-19-5-3-4-18(23)16-19)26-12-10-25(11-13-26)14-15-29-21-8-6-20(28-2)7-9-21/h3-9,16-17H,10-15H2,1-2H3,(H,24,27)/p+2/t17-/m0/s1. The van der Waals surface area contributed by atoms with Crippen LogP contribution in [-0.2, 0) is 4.79 Å². The van der Waals surface area contributed by atoms with Gasteiger partial charge in [-0.05, 0) is 49.4 Å². The number of carbonyl (C=O) groups excluding carboxylic acids is 1. The lowest BCUT2D eigenvalue weighted by Crippen LogP contribution is -3.30. The SMILES string of the molecule is COc1ccc(OCC[NH+]2CC[NH+]([C@@H](C)C(=O)Nc3cccc(Cl)c3)CC2)cc1. The number of quaternary nitrogens is 2. The number of nitrogens with one attached hydrogen (secondary N) is 3. The molecule has 1 aliphatic rings. The molecule has 0 spiro atoms. The van der Waals surface area contributed by atoms with E-state index in [-0.39, 0.29) is 11.9 Å². The molecule has 29 heavy (non-hydrogen) atoms. The summed E-state index contributed by atoms with van der Waals surface area (Å²) >= 11 is 5.99. The van der Waals surface area contributed by atoms with Crippen molar-refractivity contribution in [3.63, 3.8) is 0 Å². The van der Waals surface area contributed by atoms with E-state index in [1.165, 1.54) is 9.80 Å². The van der Waals surface area contributed by atoms with Crippen LogP contribution in [0.4, 0.5) is 5.69 Å². The fraction of sp³-hybridized carbons (Fsp3) is 0.409. The van der Waals surface area contributed by atoms with Crippen molar-refractivity contribution in [1.82, 2.24) is 0 Å². The Morgan fingerprint density at radius 2 is 1.79 bits per heavy atom. The summed E-state index contributed by atoms with van der Waals surface area (Å²) in [6, 6.07) is 14.8. The first kappa shape index (κ1) is 21.4. The second kappa shape index (κ2) is 10.5. The Morgan fingerprint density at radius 3 is 2.45 bits per heavy atom. The predicted octanol–water partition coefficient (Wildman–Crippen LogP) is 0.538. The van der Waals surface area contributed by atoms with E-state index in [2.05, 4.69) is 5.32 Å². The summed E-state index contributed by atoms with van der Waals surface area (Å²) in [5.74, 6) is 1.73. The maximum Gasteiger partial charge on any atom is 0.282 e. The average Bonchev–Trinajstić information content (AvgIpc) is 2.74. The van der Waals surface area contributed by atoms with Crippen molar-refractivity contribution in [3.05, 3.63) is 53.6 Å². The zero-order chi connectivity index (χ0) is 20.6. The molecule has 1 heterocycles. The first-order valence-electron chi connectivity index (χ1n) is 10.1. The van der Waals surface area contributed by atoms with Gasteiger partial charge in [0.1, 0.15) is 50.8 Å². The number of hydrogen-bond donors (Lipinski definition) is 3. The van der Waals surface area contributed by atoms with Gasteiger partial charge in [0.15, 0.2) is 6.04 Å². The van der Waals surface area contributed by atoms with Gasteiger partial charge in [0.25, 0.3) is 5.91 Å². The maximum atomic E-state index is 12.6. The van der Waals surface area contributed by atoms with Crippen LogP contribution in [0.25, 0.3) is 0 Å². The van der Waals surface area contributed by atoms with Gasteiger partial charge < -0.3 is 24.6 Å². The molecule has 1 aliphatic heterocycles. The number of amides is 1. The summed E-state index contributed by atoms with van der Waals surface area (Å²) in [6.45, 7) is 7.66. The Bertz CT molecular complexity index is 792. The topological polar surface area (TPSA) is 56.4 Å². The van der Waals surface area contributed by atoms with Crippen LogP contribution in [0.15, 0.2) is 48.5 Å². The zero-order valence-corrected chi connectivity index (χ0v) is 17.8. The highest BCUT2D eigenvalue weighted by molar-refractivity contribution is 6.30. The average molecular weight is 420 g/mol. The Kier molecular flexibility index (Phi) is 7.75. The van der Waals surface area contributed by atoms with E-state index in [0.717, 1.165) is 49.9 Å². The van der Waals surface area contributed by atoms with Crippen molar-refractivity contribution in [2.45, 2.75) is 13.0 Å². The van der Waals surface area contributed by atoms with E-state index >= 15 is 0 Å². The van der Waals surface area contributed by atoms with Crippen molar-refractivity contribution in [2.24, 2.45) is 0 Å². The van der Waals surface area contributed by atoms with Crippen LogP contribution in [0.3, 0.4) is 0 Å². The Hall–Kier alpha value is -2.28. The highest BCUT2D eigenvalue weighted by Gasteiger charge is 2.30. The lowest BCUT2D eigenvalue weighted by Gasteiger charge is -2.32. The molecule has 2 aromatic rings. The molecule has 1 amide bonds. The number of ether oxygens (including phenoxy) is 2. The summed E-state index contributed by atoms with van der Waals surface area (Å²) < 4.78 is 11.0. The predicted molar refractivity (Wildman–Crippen MR) is 114 cm³/mol.